The van der Waals surface area contributed by atoms with Crippen molar-refractivity contribution in [2.24, 2.45) is 0 Å². The largest absolute Gasteiger partial charge is 0.457 e. The van der Waals surface area contributed by atoms with Crippen molar-refractivity contribution in [3.63, 3.8) is 0 Å². The molecule has 0 amide bonds. The Morgan fingerprint density at radius 1 is 0.315 bits per heavy atom. The van der Waals surface area contributed by atoms with Gasteiger partial charge in [-0.05, 0) is 68.4 Å². The van der Waals surface area contributed by atoms with Gasteiger partial charge in [-0.25, -0.2) is 15.0 Å². The minimum atomic E-state index is -0.533. The van der Waals surface area contributed by atoms with E-state index in [4.69, 9.17) is 19.7 Å². The summed E-state index contributed by atoms with van der Waals surface area (Å²) in [6.45, 7) is 0. The predicted molar refractivity (Wildman–Crippen MR) is 216 cm³/mol. The van der Waals surface area contributed by atoms with E-state index in [-0.39, 0.29) is 0 Å². The Hall–Kier alpha value is -7.17. The van der Waals surface area contributed by atoms with Gasteiger partial charge in [0.15, 0.2) is 17.5 Å². The van der Waals surface area contributed by atoms with Crippen LogP contribution in [0.2, 0.25) is 0 Å². The number of hydrogen-bond acceptors (Lipinski definition) is 4. The Morgan fingerprint density at radius 3 is 1.46 bits per heavy atom. The maximum absolute atomic E-state index is 6.75. The van der Waals surface area contributed by atoms with Crippen molar-refractivity contribution in [2.45, 2.75) is 5.41 Å². The summed E-state index contributed by atoms with van der Waals surface area (Å²) in [5.74, 6) is 3.64. The summed E-state index contributed by atoms with van der Waals surface area (Å²) >= 11 is 0. The van der Waals surface area contributed by atoms with Gasteiger partial charge in [-0.2, -0.15) is 0 Å². The Balaban J connectivity index is 1.10. The van der Waals surface area contributed by atoms with E-state index in [9.17, 15) is 0 Å². The Bertz CT molecular complexity index is 2860. The summed E-state index contributed by atoms with van der Waals surface area (Å²) in [5, 5.41) is 2.17. The van der Waals surface area contributed by atoms with Crippen molar-refractivity contribution in [1.82, 2.24) is 15.0 Å². The Labute approximate surface area is 313 Å². The van der Waals surface area contributed by atoms with Crippen molar-refractivity contribution >= 4 is 10.8 Å². The zero-order valence-corrected chi connectivity index (χ0v) is 29.1. The number of nitrogens with zero attached hydrogens (tertiary/aromatic N) is 3. The molecule has 4 heteroatoms. The molecule has 0 N–H and O–H groups in total. The molecule has 1 aliphatic carbocycles. The van der Waals surface area contributed by atoms with Crippen molar-refractivity contribution in [1.29, 1.82) is 0 Å². The SMILES string of the molecule is c1ccc(-c2ccc(-c3nc(-c4ccccc4)nc(-c4ccc5cc6c(cc5c4)C4(c5ccccc5O6)c5ccccc5-c5ccccc54)n3)cc2)cc1. The lowest BCUT2D eigenvalue weighted by Gasteiger charge is -2.39. The van der Waals surface area contributed by atoms with Crippen LogP contribution < -0.4 is 4.74 Å². The molecular formula is C50H31N3O. The Kier molecular flexibility index (Phi) is 6.73. The highest BCUT2D eigenvalue weighted by atomic mass is 16.5. The van der Waals surface area contributed by atoms with Crippen LogP contribution >= 0.6 is 0 Å². The fourth-order valence-corrected chi connectivity index (χ4v) is 8.53. The van der Waals surface area contributed by atoms with Crippen LogP contribution in [0.25, 0.3) is 67.2 Å². The van der Waals surface area contributed by atoms with Gasteiger partial charge in [0.2, 0.25) is 0 Å². The van der Waals surface area contributed by atoms with E-state index >= 15 is 0 Å². The fraction of sp³-hybridized carbons (Fsp3) is 0.0200. The van der Waals surface area contributed by atoms with Crippen molar-refractivity contribution in [3.05, 3.63) is 210 Å². The van der Waals surface area contributed by atoms with Crippen molar-refractivity contribution < 1.29 is 4.74 Å². The van der Waals surface area contributed by atoms with Gasteiger partial charge >= 0.3 is 0 Å². The molecule has 0 unspecified atom stereocenters. The highest BCUT2D eigenvalue weighted by molar-refractivity contribution is 5.94. The van der Waals surface area contributed by atoms with Gasteiger partial charge in [-0.1, -0.05) is 164 Å². The summed E-state index contributed by atoms with van der Waals surface area (Å²) in [6, 6.07) is 66.1. The second-order valence-electron chi connectivity index (χ2n) is 14.0. The highest BCUT2D eigenvalue weighted by Crippen LogP contribution is 2.62. The molecule has 0 radical (unpaired) electrons. The number of ether oxygens (including phenoxy) is 1. The molecule has 54 heavy (non-hydrogen) atoms. The van der Waals surface area contributed by atoms with Crippen LogP contribution in [0.15, 0.2) is 188 Å². The van der Waals surface area contributed by atoms with E-state index < -0.39 is 5.41 Å². The molecule has 1 aliphatic heterocycles. The molecule has 2 aliphatic rings. The monoisotopic (exact) mass is 689 g/mol. The molecule has 2 heterocycles. The van der Waals surface area contributed by atoms with Crippen LogP contribution in [0.5, 0.6) is 11.5 Å². The van der Waals surface area contributed by atoms with E-state index in [0.29, 0.717) is 17.5 Å². The first-order valence-corrected chi connectivity index (χ1v) is 18.3. The summed E-state index contributed by atoms with van der Waals surface area (Å²) in [7, 11) is 0. The number of aromatic nitrogens is 3. The molecular weight excluding hydrogens is 659 g/mol. The minimum absolute atomic E-state index is 0.533. The smallest absolute Gasteiger partial charge is 0.164 e. The van der Waals surface area contributed by atoms with Crippen LogP contribution in [0.1, 0.15) is 22.3 Å². The molecule has 9 aromatic rings. The quantitative estimate of drug-likeness (QED) is 0.185. The lowest BCUT2D eigenvalue weighted by Crippen LogP contribution is -2.32. The number of benzene rings is 8. The van der Waals surface area contributed by atoms with Gasteiger partial charge in [0.05, 0.1) is 5.41 Å². The lowest BCUT2D eigenvalue weighted by molar-refractivity contribution is 0.437. The molecule has 1 spiro atoms. The normalized spacial score (nSPS) is 13.1. The number of hydrogen-bond donors (Lipinski definition) is 0. The van der Waals surface area contributed by atoms with E-state index in [1.54, 1.807) is 0 Å². The second kappa shape index (κ2) is 11.9. The van der Waals surface area contributed by atoms with Crippen LogP contribution in [-0.2, 0) is 5.41 Å². The molecule has 0 saturated heterocycles. The molecule has 11 rings (SSSR count). The maximum Gasteiger partial charge on any atom is 0.164 e. The van der Waals surface area contributed by atoms with Crippen LogP contribution in [0.3, 0.4) is 0 Å². The summed E-state index contributed by atoms with van der Waals surface area (Å²) in [6.07, 6.45) is 0. The van der Waals surface area contributed by atoms with Crippen molar-refractivity contribution in [2.75, 3.05) is 0 Å². The summed E-state index contributed by atoms with van der Waals surface area (Å²) in [4.78, 5) is 15.2. The summed E-state index contributed by atoms with van der Waals surface area (Å²) in [5.41, 5.74) is 11.9. The second-order valence-corrected chi connectivity index (χ2v) is 14.0. The van der Waals surface area contributed by atoms with Crippen LogP contribution in [-0.4, -0.2) is 15.0 Å². The molecule has 0 fully saturated rings. The zero-order chi connectivity index (χ0) is 35.6. The number of rotatable bonds is 4. The molecule has 0 saturated carbocycles. The van der Waals surface area contributed by atoms with Gasteiger partial charge in [-0.15, -0.1) is 0 Å². The molecule has 0 atom stereocenters. The van der Waals surface area contributed by atoms with E-state index in [1.165, 1.54) is 27.8 Å². The third-order valence-corrected chi connectivity index (χ3v) is 11.0. The Morgan fingerprint density at radius 2 is 0.796 bits per heavy atom. The number of fused-ring (bicyclic) bond motifs is 10. The average Bonchev–Trinajstić information content (AvgIpc) is 3.54. The van der Waals surface area contributed by atoms with E-state index in [0.717, 1.165) is 55.7 Å². The third-order valence-electron chi connectivity index (χ3n) is 11.0. The van der Waals surface area contributed by atoms with Gasteiger partial charge in [0.25, 0.3) is 0 Å². The molecule has 1 aromatic heterocycles. The standard InChI is InChI=1S/C50H31N3O/c1-3-13-32(14-4-1)33-23-25-35(26-24-33)48-51-47(34-15-5-2-6-16-34)52-49(53-48)37-28-27-36-31-46-44(30-38(36)29-37)50(43-21-11-12-22-45(43)54-46)41-19-9-7-17-39(41)40-18-8-10-20-42(40)50/h1-31H. The zero-order valence-electron chi connectivity index (χ0n) is 29.1. The van der Waals surface area contributed by atoms with Crippen LogP contribution in [0, 0.1) is 0 Å². The molecule has 252 valence electrons. The summed E-state index contributed by atoms with van der Waals surface area (Å²) < 4.78 is 6.75. The van der Waals surface area contributed by atoms with Gasteiger partial charge < -0.3 is 4.74 Å². The van der Waals surface area contributed by atoms with Crippen molar-refractivity contribution in [3.8, 4) is 67.9 Å². The predicted octanol–water partition coefficient (Wildman–Crippen LogP) is 12.2. The lowest BCUT2D eigenvalue weighted by atomic mass is 9.66. The van der Waals surface area contributed by atoms with Gasteiger partial charge in [-0.3, -0.25) is 0 Å². The first kappa shape index (κ1) is 30.5. The molecule has 8 aromatic carbocycles. The highest BCUT2D eigenvalue weighted by Gasteiger charge is 2.51. The minimum Gasteiger partial charge on any atom is -0.457 e. The third kappa shape index (κ3) is 4.60. The maximum atomic E-state index is 6.75. The van der Waals surface area contributed by atoms with Crippen LogP contribution in [0.4, 0.5) is 0 Å². The van der Waals surface area contributed by atoms with Gasteiger partial charge in [0, 0.05) is 27.8 Å². The molecule has 0 bridgehead atoms. The van der Waals surface area contributed by atoms with Gasteiger partial charge in [0.1, 0.15) is 11.5 Å². The van der Waals surface area contributed by atoms with E-state index in [1.807, 2.05) is 36.4 Å². The average molecular weight is 690 g/mol. The number of para-hydroxylation sites is 1. The first-order valence-electron chi connectivity index (χ1n) is 18.3. The first-order chi connectivity index (χ1) is 26.7. The topological polar surface area (TPSA) is 47.9 Å². The molecule has 4 nitrogen and oxygen atoms in total. The van der Waals surface area contributed by atoms with E-state index in [2.05, 4.69) is 152 Å². The fourth-order valence-electron chi connectivity index (χ4n) is 8.53.